The Morgan fingerprint density at radius 3 is 2.75 bits per heavy atom. The van der Waals surface area contributed by atoms with Crippen LogP contribution >= 0.6 is 22.9 Å². The van der Waals surface area contributed by atoms with E-state index in [2.05, 4.69) is 20.9 Å². The van der Waals surface area contributed by atoms with Crippen LogP contribution in [-0.2, 0) is 4.79 Å². The average Bonchev–Trinajstić information content (AvgIpc) is 3.16. The highest BCUT2D eigenvalue weighted by molar-refractivity contribution is 7.13. The van der Waals surface area contributed by atoms with E-state index in [4.69, 9.17) is 11.6 Å². The Labute approximate surface area is 142 Å². The van der Waals surface area contributed by atoms with Crippen molar-refractivity contribution in [3.63, 3.8) is 0 Å². The number of nitrogens with zero attached hydrogens (tertiary/aromatic N) is 3. The summed E-state index contributed by atoms with van der Waals surface area (Å²) in [5, 5.41) is 11.0. The number of para-hydroxylation sites is 1. The number of halogens is 4. The van der Waals surface area contributed by atoms with Crippen molar-refractivity contribution >= 4 is 39.7 Å². The van der Waals surface area contributed by atoms with Crippen LogP contribution in [0.4, 0.5) is 24.0 Å². The SMILES string of the molecule is O=C(Nc1nncs1)C1=CC(C(F)(F)F)NN1c1ccccc1Cl. The first-order valence-electron chi connectivity index (χ1n) is 6.53. The number of carbonyl (C=O) groups excluding carboxylic acids is 1. The number of hydrogen-bond donors (Lipinski definition) is 2. The Hall–Kier alpha value is -2.17. The van der Waals surface area contributed by atoms with Gasteiger partial charge in [0.15, 0.2) is 0 Å². The van der Waals surface area contributed by atoms with Gasteiger partial charge in [-0.2, -0.15) is 13.2 Å². The van der Waals surface area contributed by atoms with Gasteiger partial charge in [0.1, 0.15) is 17.2 Å². The van der Waals surface area contributed by atoms with Crippen molar-refractivity contribution in [2.45, 2.75) is 12.2 Å². The maximum absolute atomic E-state index is 13.0. The summed E-state index contributed by atoms with van der Waals surface area (Å²) in [6.07, 6.45) is -3.77. The molecule has 0 spiro atoms. The van der Waals surface area contributed by atoms with Gasteiger partial charge < -0.3 is 0 Å². The molecule has 0 radical (unpaired) electrons. The van der Waals surface area contributed by atoms with Gasteiger partial charge in [-0.1, -0.05) is 35.1 Å². The highest BCUT2D eigenvalue weighted by atomic mass is 35.5. The fraction of sp³-hybridized carbons (Fsp3) is 0.154. The van der Waals surface area contributed by atoms with Crippen LogP contribution in [0, 0.1) is 0 Å². The quantitative estimate of drug-likeness (QED) is 0.863. The first-order valence-corrected chi connectivity index (χ1v) is 7.79. The van der Waals surface area contributed by atoms with E-state index >= 15 is 0 Å². The maximum atomic E-state index is 13.0. The van der Waals surface area contributed by atoms with Crippen LogP contribution < -0.4 is 15.8 Å². The molecule has 1 amide bonds. The van der Waals surface area contributed by atoms with Crippen LogP contribution in [0.25, 0.3) is 0 Å². The molecule has 1 aliphatic rings. The number of amides is 1. The fourth-order valence-corrected chi connectivity index (χ4v) is 2.70. The third kappa shape index (κ3) is 3.35. The average molecular weight is 376 g/mol. The van der Waals surface area contributed by atoms with Crippen LogP contribution in [0.15, 0.2) is 41.5 Å². The second-order valence-corrected chi connectivity index (χ2v) is 5.93. The predicted octanol–water partition coefficient (Wildman–Crippen LogP) is 2.97. The molecule has 1 aliphatic heterocycles. The number of alkyl halides is 3. The summed E-state index contributed by atoms with van der Waals surface area (Å²) in [5.41, 5.74) is 3.62. The number of anilines is 2. The summed E-state index contributed by atoms with van der Waals surface area (Å²) in [7, 11) is 0. The van der Waals surface area contributed by atoms with E-state index in [-0.39, 0.29) is 21.5 Å². The predicted molar refractivity (Wildman–Crippen MR) is 83.5 cm³/mol. The number of carbonyl (C=O) groups is 1. The van der Waals surface area contributed by atoms with Gasteiger partial charge in [-0.3, -0.25) is 15.1 Å². The number of rotatable bonds is 3. The number of aromatic nitrogens is 2. The van der Waals surface area contributed by atoms with Crippen molar-refractivity contribution in [2.24, 2.45) is 0 Å². The molecule has 126 valence electrons. The molecule has 11 heteroatoms. The minimum Gasteiger partial charge on any atom is -0.295 e. The van der Waals surface area contributed by atoms with Crippen LogP contribution in [-0.4, -0.2) is 28.3 Å². The minimum absolute atomic E-state index is 0.176. The Morgan fingerprint density at radius 1 is 1.38 bits per heavy atom. The Bertz CT molecular complexity index is 780. The summed E-state index contributed by atoms with van der Waals surface area (Å²) in [6, 6.07) is 4.24. The fourth-order valence-electron chi connectivity index (χ4n) is 2.04. The number of hydrazine groups is 1. The van der Waals surface area contributed by atoms with E-state index < -0.39 is 18.1 Å². The summed E-state index contributed by atoms with van der Waals surface area (Å²) >= 11 is 7.08. The third-order valence-electron chi connectivity index (χ3n) is 3.09. The molecule has 0 bridgehead atoms. The second-order valence-electron chi connectivity index (χ2n) is 4.69. The number of benzene rings is 1. The van der Waals surface area contributed by atoms with Gasteiger partial charge in [-0.05, 0) is 18.2 Å². The molecule has 1 atom stereocenters. The molecule has 2 heterocycles. The molecule has 0 aliphatic carbocycles. The molecule has 0 saturated heterocycles. The topological polar surface area (TPSA) is 70.1 Å². The minimum atomic E-state index is -4.57. The normalized spacial score (nSPS) is 17.8. The van der Waals surface area contributed by atoms with Gasteiger partial charge in [-0.15, -0.1) is 10.2 Å². The van der Waals surface area contributed by atoms with Gasteiger partial charge in [0.2, 0.25) is 5.13 Å². The van der Waals surface area contributed by atoms with Crippen molar-refractivity contribution in [1.29, 1.82) is 0 Å². The zero-order valence-electron chi connectivity index (χ0n) is 11.7. The highest BCUT2D eigenvalue weighted by Crippen LogP contribution is 2.34. The van der Waals surface area contributed by atoms with Gasteiger partial charge >= 0.3 is 6.18 Å². The lowest BCUT2D eigenvalue weighted by Gasteiger charge is -2.24. The van der Waals surface area contributed by atoms with Gasteiger partial charge in [0.05, 0.1) is 10.7 Å². The lowest BCUT2D eigenvalue weighted by atomic mass is 10.2. The Balaban J connectivity index is 1.94. The summed E-state index contributed by atoms with van der Waals surface area (Å²) < 4.78 is 39.1. The second kappa shape index (κ2) is 6.38. The molecule has 6 nitrogen and oxygen atoms in total. The summed E-state index contributed by atoms with van der Waals surface area (Å²) in [4.78, 5) is 12.3. The molecule has 0 fully saturated rings. The number of hydrogen-bond acceptors (Lipinski definition) is 6. The van der Waals surface area contributed by atoms with E-state index in [1.54, 1.807) is 12.1 Å². The summed E-state index contributed by atoms with van der Waals surface area (Å²) in [5.74, 6) is -0.758. The zero-order valence-corrected chi connectivity index (χ0v) is 13.3. The highest BCUT2D eigenvalue weighted by Gasteiger charge is 2.45. The molecule has 3 rings (SSSR count). The molecule has 1 aromatic heterocycles. The van der Waals surface area contributed by atoms with Crippen molar-refractivity contribution < 1.29 is 18.0 Å². The van der Waals surface area contributed by atoms with Crippen molar-refractivity contribution in [3.8, 4) is 0 Å². The van der Waals surface area contributed by atoms with Crippen molar-refractivity contribution in [3.05, 3.63) is 46.6 Å². The molecule has 1 aromatic carbocycles. The molecule has 1 unspecified atom stereocenters. The monoisotopic (exact) mass is 375 g/mol. The first kappa shape index (κ1) is 16.7. The van der Waals surface area contributed by atoms with Gasteiger partial charge in [0, 0.05) is 0 Å². The van der Waals surface area contributed by atoms with Crippen LogP contribution in [0.2, 0.25) is 5.02 Å². The lowest BCUT2D eigenvalue weighted by Crippen LogP contribution is -2.45. The third-order valence-corrected chi connectivity index (χ3v) is 4.02. The Morgan fingerprint density at radius 2 is 2.12 bits per heavy atom. The van der Waals surface area contributed by atoms with Gasteiger partial charge in [0.25, 0.3) is 5.91 Å². The van der Waals surface area contributed by atoms with E-state index in [0.29, 0.717) is 0 Å². The molecule has 24 heavy (non-hydrogen) atoms. The van der Waals surface area contributed by atoms with E-state index in [1.165, 1.54) is 17.6 Å². The molecule has 0 saturated carbocycles. The standard InChI is InChI=1S/C13H9ClF3N5OS/c14-7-3-1-2-4-8(7)22-9(5-10(21-22)13(15,16)17)11(23)19-12-20-18-6-24-12/h1-6,10,21H,(H,19,20,23). The maximum Gasteiger partial charge on any atom is 0.409 e. The Kier molecular flexibility index (Phi) is 4.43. The summed E-state index contributed by atoms with van der Waals surface area (Å²) in [6.45, 7) is 0. The lowest BCUT2D eigenvalue weighted by molar-refractivity contribution is -0.142. The van der Waals surface area contributed by atoms with Crippen molar-refractivity contribution in [1.82, 2.24) is 15.6 Å². The van der Waals surface area contributed by atoms with Crippen LogP contribution in [0.1, 0.15) is 0 Å². The van der Waals surface area contributed by atoms with E-state index in [0.717, 1.165) is 22.4 Å². The smallest absolute Gasteiger partial charge is 0.295 e. The van der Waals surface area contributed by atoms with Crippen molar-refractivity contribution in [2.75, 3.05) is 10.3 Å². The van der Waals surface area contributed by atoms with Gasteiger partial charge in [-0.25, -0.2) is 5.43 Å². The molecule has 2 aromatic rings. The van der Waals surface area contributed by atoms with Crippen LogP contribution in [0.5, 0.6) is 0 Å². The van der Waals surface area contributed by atoms with E-state index in [1.807, 2.05) is 0 Å². The largest absolute Gasteiger partial charge is 0.409 e. The zero-order chi connectivity index (χ0) is 17.3. The molecule has 2 N–H and O–H groups in total. The molecular formula is C13H9ClF3N5OS. The first-order chi connectivity index (χ1) is 11.4. The van der Waals surface area contributed by atoms with E-state index in [9.17, 15) is 18.0 Å². The molecular weight excluding hydrogens is 367 g/mol. The van der Waals surface area contributed by atoms with Crippen LogP contribution in [0.3, 0.4) is 0 Å². The number of nitrogens with one attached hydrogen (secondary N) is 2.